The van der Waals surface area contributed by atoms with E-state index in [4.69, 9.17) is 206 Å². The number of halogens is 16. The first-order valence-electron chi connectivity index (χ1n) is 5.31. The van der Waals surface area contributed by atoms with Crippen molar-refractivity contribution < 1.29 is 42.1 Å². The molecule has 21 heteroatoms. The Labute approximate surface area is 261 Å². The van der Waals surface area contributed by atoms with Crippen LogP contribution in [0.2, 0.25) is 0 Å². The number of aliphatic hydroxyl groups is 4. The summed E-state index contributed by atoms with van der Waals surface area (Å²) in [7, 11) is 0. The van der Waals surface area contributed by atoms with Gasteiger partial charge in [-0.15, -0.1) is 0 Å². The predicted molar refractivity (Wildman–Crippen MR) is 129 cm³/mol. The maximum atomic E-state index is 8.36. The molecule has 0 saturated carbocycles. The van der Waals surface area contributed by atoms with E-state index in [1.165, 1.54) is 0 Å². The normalized spacial score (nSPS) is 12.4. The maximum absolute atomic E-state index is 8.36. The van der Waals surface area contributed by atoms with Crippen molar-refractivity contribution in [3.8, 4) is 0 Å². The van der Waals surface area contributed by atoms with Gasteiger partial charge >= 0.3 is 0 Å². The molecule has 0 aromatic heterocycles. The van der Waals surface area contributed by atoms with Crippen molar-refractivity contribution in [2.75, 3.05) is 0 Å². The standard InChI is InChI=1S/4C2H2Cl4O.Ti/c4*3-1(4)2(5,6)7;/h4*1,7H;. The third-order valence-electron chi connectivity index (χ3n) is 1.05. The predicted octanol–water partition coefficient (Wildman–Crippen LogP) is 7.65. The van der Waals surface area contributed by atoms with Crippen LogP contribution in [0.5, 0.6) is 0 Å². The van der Waals surface area contributed by atoms with Crippen LogP contribution in [0.3, 0.4) is 0 Å². The zero-order chi connectivity index (χ0) is 24.3. The number of hydrogen-bond acceptors (Lipinski definition) is 4. The SMILES string of the molecule is OC(Cl)(Cl)C(Cl)Cl.OC(Cl)(Cl)C(Cl)Cl.OC(Cl)(Cl)C(Cl)Cl.OC(Cl)(Cl)C(Cl)Cl.[Ti]. The monoisotopic (exact) mass is 775 g/mol. The molecule has 180 valence electrons. The van der Waals surface area contributed by atoms with Gasteiger partial charge < -0.3 is 20.4 Å². The van der Waals surface area contributed by atoms with E-state index in [1.54, 1.807) is 0 Å². The first-order valence-corrected chi connectivity index (χ1v) is 11.8. The van der Waals surface area contributed by atoms with Crippen LogP contribution in [0.4, 0.5) is 0 Å². The van der Waals surface area contributed by atoms with Gasteiger partial charge in [0.15, 0.2) is 19.3 Å². The average molecular weight is 783 g/mol. The summed E-state index contributed by atoms with van der Waals surface area (Å²) in [6.07, 6.45) is 0. The summed E-state index contributed by atoms with van der Waals surface area (Å²) in [4.78, 5) is -4.68. The quantitative estimate of drug-likeness (QED) is 0.175. The molecule has 0 amide bonds. The summed E-state index contributed by atoms with van der Waals surface area (Å²) < 4.78 is -8.10. The molecule has 0 atom stereocenters. The number of alkyl halides is 16. The minimum absolute atomic E-state index is 0. The van der Waals surface area contributed by atoms with Gasteiger partial charge in [-0.1, -0.05) is 186 Å². The molecule has 0 aliphatic rings. The molecule has 0 unspecified atom stereocenters. The number of rotatable bonds is 4. The summed E-state index contributed by atoms with van der Waals surface area (Å²) in [5.41, 5.74) is 0. The molecular weight excluding hydrogens is 775 g/mol. The second-order valence-electron chi connectivity index (χ2n) is 3.55. The van der Waals surface area contributed by atoms with E-state index in [9.17, 15) is 0 Å². The van der Waals surface area contributed by atoms with Crippen LogP contribution in [0.15, 0.2) is 0 Å². The van der Waals surface area contributed by atoms with Crippen LogP contribution in [0.1, 0.15) is 0 Å². The minimum atomic E-state index is -2.02. The Morgan fingerprint density at radius 2 is 0.379 bits per heavy atom. The molecule has 0 bridgehead atoms. The minimum Gasteiger partial charge on any atom is -0.360 e. The van der Waals surface area contributed by atoms with E-state index in [-0.39, 0.29) is 21.7 Å². The Hall–Kier alpha value is 5.19. The van der Waals surface area contributed by atoms with Gasteiger partial charge in [-0.05, 0) is 0 Å². The summed E-state index contributed by atoms with van der Waals surface area (Å²) in [5.74, 6) is 0. The molecule has 0 saturated heterocycles. The van der Waals surface area contributed by atoms with Gasteiger partial charge in [-0.25, -0.2) is 0 Å². The van der Waals surface area contributed by atoms with E-state index in [2.05, 4.69) is 0 Å². The van der Waals surface area contributed by atoms with Gasteiger partial charge in [-0.3, -0.25) is 0 Å². The number of hydrogen-bond donors (Lipinski definition) is 4. The third kappa shape index (κ3) is 37.9. The molecule has 0 radical (unpaired) electrons. The van der Waals surface area contributed by atoms with Crippen molar-refractivity contribution in [2.45, 2.75) is 37.4 Å². The molecule has 0 rings (SSSR count). The van der Waals surface area contributed by atoms with Crippen molar-refractivity contribution in [3.63, 3.8) is 0 Å². The smallest absolute Gasteiger partial charge is 0.245 e. The fourth-order valence-electron chi connectivity index (χ4n) is 0. The second kappa shape index (κ2) is 20.3. The topological polar surface area (TPSA) is 80.9 Å². The van der Waals surface area contributed by atoms with Crippen LogP contribution >= 0.6 is 186 Å². The van der Waals surface area contributed by atoms with Crippen molar-refractivity contribution in [3.05, 3.63) is 0 Å². The first kappa shape index (κ1) is 44.2. The van der Waals surface area contributed by atoms with Crippen LogP contribution in [-0.4, -0.2) is 57.8 Å². The summed E-state index contributed by atoms with van der Waals surface area (Å²) in [5, 5.41) is 33.4. The van der Waals surface area contributed by atoms with Crippen LogP contribution in [0.25, 0.3) is 0 Å². The van der Waals surface area contributed by atoms with Gasteiger partial charge in [0.1, 0.15) is 0 Å². The van der Waals surface area contributed by atoms with E-state index >= 15 is 0 Å². The fourth-order valence-corrected chi connectivity index (χ4v) is 0. The van der Waals surface area contributed by atoms with Gasteiger partial charge in [0, 0.05) is 21.7 Å². The van der Waals surface area contributed by atoms with E-state index in [0.717, 1.165) is 0 Å². The van der Waals surface area contributed by atoms with Crippen molar-refractivity contribution in [2.24, 2.45) is 0 Å². The molecule has 0 aliphatic heterocycles. The zero-order valence-corrected chi connectivity index (χ0v) is 26.3. The second-order valence-corrected chi connectivity index (χ2v) is 13.3. The van der Waals surface area contributed by atoms with E-state index in [0.29, 0.717) is 0 Å². The Morgan fingerprint density at radius 3 is 0.379 bits per heavy atom. The Morgan fingerprint density at radius 1 is 0.345 bits per heavy atom. The van der Waals surface area contributed by atoms with Crippen molar-refractivity contribution in [1.29, 1.82) is 0 Å². The third-order valence-corrected chi connectivity index (χ3v) is 7.11. The van der Waals surface area contributed by atoms with Gasteiger partial charge in [0.2, 0.25) is 18.1 Å². The molecule has 4 nitrogen and oxygen atoms in total. The van der Waals surface area contributed by atoms with Gasteiger partial charge in [-0.2, -0.15) is 0 Å². The molecule has 29 heavy (non-hydrogen) atoms. The molecule has 0 heterocycles. The van der Waals surface area contributed by atoms with Gasteiger partial charge in [0.05, 0.1) is 0 Å². The van der Waals surface area contributed by atoms with E-state index < -0.39 is 37.4 Å². The molecule has 4 N–H and O–H groups in total. The molecule has 0 aromatic carbocycles. The molecule has 0 fully saturated rings. The van der Waals surface area contributed by atoms with Crippen LogP contribution < -0.4 is 0 Å². The summed E-state index contributed by atoms with van der Waals surface area (Å²) in [6.45, 7) is 0. The summed E-state index contributed by atoms with van der Waals surface area (Å²) >= 11 is 79.4. The van der Waals surface area contributed by atoms with Gasteiger partial charge in [0.25, 0.3) is 0 Å². The van der Waals surface area contributed by atoms with Crippen molar-refractivity contribution >= 4 is 186 Å². The molecule has 0 spiro atoms. The summed E-state index contributed by atoms with van der Waals surface area (Å²) in [6, 6.07) is 0. The van der Waals surface area contributed by atoms with Crippen molar-refractivity contribution in [1.82, 2.24) is 0 Å². The zero-order valence-electron chi connectivity index (χ0n) is 12.6. The molecular formula is C8H8Cl16O4Ti. The Kier molecular flexibility index (Phi) is 30.9. The fraction of sp³-hybridized carbons (Fsp3) is 1.00. The maximum Gasteiger partial charge on any atom is 0.245 e. The Balaban J connectivity index is -0.0000000873. The van der Waals surface area contributed by atoms with E-state index in [1.807, 2.05) is 0 Å². The van der Waals surface area contributed by atoms with Crippen LogP contribution in [0, 0.1) is 0 Å². The Bertz CT molecular complexity index is 299. The molecule has 0 aliphatic carbocycles. The largest absolute Gasteiger partial charge is 0.360 e. The average Bonchev–Trinajstić information content (AvgIpc) is 2.35. The first-order chi connectivity index (χ1) is 11.8. The van der Waals surface area contributed by atoms with Crippen LogP contribution in [-0.2, 0) is 21.7 Å². The molecule has 0 aromatic rings.